The number of hydrogen-bond donors (Lipinski definition) is 2. The van der Waals surface area contributed by atoms with E-state index in [1.165, 1.54) is 141 Å². The summed E-state index contributed by atoms with van der Waals surface area (Å²) in [7, 11) is 0. The summed E-state index contributed by atoms with van der Waals surface area (Å²) in [6.07, 6.45) is 23.7. The van der Waals surface area contributed by atoms with Crippen LogP contribution in [0.5, 0.6) is 11.5 Å². The van der Waals surface area contributed by atoms with E-state index in [-0.39, 0.29) is 124 Å². The van der Waals surface area contributed by atoms with E-state index in [1.54, 1.807) is 12.1 Å². The average Bonchev–Trinajstić information content (AvgIpc) is 1.94. The first-order chi connectivity index (χ1) is 39.5. The van der Waals surface area contributed by atoms with Crippen LogP contribution in [-0.2, 0) is 16.2 Å². The summed E-state index contributed by atoms with van der Waals surface area (Å²) < 4.78 is 12.9. The Hall–Kier alpha value is -1.56. The number of alkyl halides is 1. The zero-order chi connectivity index (χ0) is 57.5. The molecular formula is C68H79Br5K2N4O5. The molecule has 0 aliphatic carbocycles. The van der Waals surface area contributed by atoms with Crippen LogP contribution in [-0.4, -0.2) is 43.0 Å². The van der Waals surface area contributed by atoms with Crippen LogP contribution in [0.1, 0.15) is 145 Å². The fraction of sp³-hybridized carbons (Fsp3) is 0.368. The Kier molecular flexibility index (Phi) is 35.9. The number of fused-ring (bicyclic) bond motifs is 12. The molecule has 0 aliphatic rings. The number of phenolic OH excluding ortho intramolecular Hbond substituents is 1. The summed E-state index contributed by atoms with van der Waals surface area (Å²) in [4.78, 5) is 25.0. The number of hydrogen-bond acceptors (Lipinski definition) is 7. The van der Waals surface area contributed by atoms with Gasteiger partial charge in [0, 0.05) is 62.4 Å². The average molecular weight is 1510 g/mol. The van der Waals surface area contributed by atoms with Gasteiger partial charge in [-0.15, -0.1) is 0 Å². The molecule has 0 atom stereocenters. The first-order valence-corrected chi connectivity index (χ1v) is 33.0. The minimum atomic E-state index is -0.181. The number of imidazole rings is 2. The first-order valence-electron chi connectivity index (χ1n) is 28.8. The maximum Gasteiger partial charge on any atom is 1.00 e. The normalized spacial score (nSPS) is 10.8. The maximum absolute atomic E-state index is 9.54. The van der Waals surface area contributed by atoms with Crippen LogP contribution < -0.4 is 113 Å². The van der Waals surface area contributed by atoms with Gasteiger partial charge in [-0.25, -0.2) is 9.97 Å². The molecule has 0 saturated heterocycles. The number of aryl methyl sites for hydroxylation is 1. The van der Waals surface area contributed by atoms with Crippen LogP contribution in [0.25, 0.3) is 87.9 Å². The molecule has 0 unspecified atom stereocenters. The molecular weight excluding hydrogens is 1430 g/mol. The molecule has 2 N–H and O–H groups in total. The fourth-order valence-corrected chi connectivity index (χ4v) is 12.2. The van der Waals surface area contributed by atoms with Gasteiger partial charge in [-0.2, -0.15) is 0 Å². The van der Waals surface area contributed by atoms with Gasteiger partial charge < -0.3 is 31.0 Å². The van der Waals surface area contributed by atoms with Crippen molar-refractivity contribution in [2.75, 3.05) is 11.9 Å². The fourth-order valence-electron chi connectivity index (χ4n) is 10.4. The molecule has 16 heteroatoms. The summed E-state index contributed by atoms with van der Waals surface area (Å²) in [5.74, 6) is 3.02. The number of benzene rings is 8. The number of H-pyrrole nitrogens is 1. The third kappa shape index (κ3) is 21.3. The Balaban J connectivity index is 0.000000374. The van der Waals surface area contributed by atoms with E-state index in [0.29, 0.717) is 0 Å². The minimum absolute atomic E-state index is 0. The number of carbonyl (C=O) groups is 1. The summed E-state index contributed by atoms with van der Waals surface area (Å²) >= 11 is 18.0. The van der Waals surface area contributed by atoms with Crippen LogP contribution >= 0.6 is 79.6 Å². The summed E-state index contributed by atoms with van der Waals surface area (Å²) in [6, 6.07) is 41.5. The van der Waals surface area contributed by atoms with Gasteiger partial charge in [0.15, 0.2) is 0 Å². The molecule has 10 rings (SSSR count). The predicted octanol–water partition coefficient (Wildman–Crippen LogP) is 16.3. The number of carbonyl (C=O) groups excluding carboxylic acids is 1. The van der Waals surface area contributed by atoms with E-state index in [2.05, 4.69) is 200 Å². The monoisotopic (exact) mass is 1500 g/mol. The van der Waals surface area contributed by atoms with E-state index in [9.17, 15) is 5.11 Å². The third-order valence-corrected chi connectivity index (χ3v) is 17.0. The number of nitrogens with zero attached hydrogens (tertiary/aromatic N) is 3. The number of nitrogens with one attached hydrogen (secondary N) is 1. The van der Waals surface area contributed by atoms with Crippen molar-refractivity contribution < 1.29 is 129 Å². The van der Waals surface area contributed by atoms with E-state index < -0.39 is 0 Å². The molecule has 0 saturated carbocycles. The van der Waals surface area contributed by atoms with Crippen LogP contribution in [0.3, 0.4) is 0 Å². The van der Waals surface area contributed by atoms with Gasteiger partial charge in [0.25, 0.3) is 6.47 Å². The maximum atomic E-state index is 9.54. The van der Waals surface area contributed by atoms with Gasteiger partial charge in [0.2, 0.25) is 0 Å². The minimum Gasteiger partial charge on any atom is -1.00 e. The van der Waals surface area contributed by atoms with E-state index >= 15 is 0 Å². The van der Waals surface area contributed by atoms with Crippen molar-refractivity contribution in [2.45, 2.75) is 150 Å². The van der Waals surface area contributed by atoms with Crippen molar-refractivity contribution in [1.29, 1.82) is 0 Å². The van der Waals surface area contributed by atoms with Crippen LogP contribution in [0, 0.1) is 0 Å². The number of halogens is 5. The van der Waals surface area contributed by atoms with Crippen molar-refractivity contribution in [1.82, 2.24) is 19.5 Å². The van der Waals surface area contributed by atoms with Crippen molar-refractivity contribution in [3.63, 3.8) is 0 Å². The SMILES string of the molecule is C.CCCCCCCCBr.CCCCCCCCOc1ccc(-c2nc3c4ccc(Br)cc4c4cc(Br)ccc4c3n2CCCCCCCC)cc1.O=CO[O-].Oc1ccc(-c2nc3c4ccc(Br)cc4c4cc(Br)ccc4c3[nH]2)cc1.[H-].[K+].[K+]. The zero-order valence-corrected chi connectivity index (χ0v) is 63.0. The standard InChI is InChI=1S/C37H44Br2N2O.C21H12Br2N2O.C8H17Br.CH2O3.CH4.2K.H/c1-3-5-7-9-11-13-23-41-36-32-22-18-29(39)26-34(32)33-25-28(38)17-21-31(33)35(36)40-37(41)27-15-19-30(20-16-27)42-24-14-12-10-8-6-4-2;22-12-3-7-15-17(9-12)18-10-13(23)4-8-16(18)20-19(15)24-21(25-20)11-1-5-14(26)6-2-11;1-2-3-4-5-6-7-8-9;2-1-4-3;;;;/h15-22,25-26H,3-14,23-24H2,1-2H3;1-10,26H,(H,24,25);2-8H2,1H3;1,3H;1H4;;;/q;;;;;2*+1;-1/p-1. The number of ether oxygens (including phenoxy) is 1. The predicted molar refractivity (Wildman–Crippen MR) is 364 cm³/mol. The Morgan fingerprint density at radius 1 is 0.536 bits per heavy atom. The van der Waals surface area contributed by atoms with Crippen LogP contribution in [0.4, 0.5) is 0 Å². The number of aromatic hydroxyl groups is 1. The Morgan fingerprint density at radius 2 is 0.964 bits per heavy atom. The van der Waals surface area contributed by atoms with E-state index in [1.807, 2.05) is 24.3 Å². The number of rotatable bonds is 24. The summed E-state index contributed by atoms with van der Waals surface area (Å²) in [5.41, 5.74) is 6.36. The van der Waals surface area contributed by atoms with Gasteiger partial charge in [-0.1, -0.05) is 228 Å². The second-order valence-corrected chi connectivity index (χ2v) is 24.9. The van der Waals surface area contributed by atoms with E-state index in [4.69, 9.17) is 24.8 Å². The van der Waals surface area contributed by atoms with Gasteiger partial charge in [-0.05, 0) is 138 Å². The topological polar surface area (TPSA) is 125 Å². The van der Waals surface area contributed by atoms with Gasteiger partial charge >= 0.3 is 103 Å². The summed E-state index contributed by atoms with van der Waals surface area (Å²) in [5, 5.41) is 28.6. The summed E-state index contributed by atoms with van der Waals surface area (Å²) in [6.45, 7) is 8.36. The second kappa shape index (κ2) is 40.2. The van der Waals surface area contributed by atoms with E-state index in [0.717, 1.165) is 105 Å². The molecule has 0 bridgehead atoms. The zero-order valence-electron chi connectivity index (χ0n) is 49.8. The number of phenols is 1. The Morgan fingerprint density at radius 3 is 1.48 bits per heavy atom. The van der Waals surface area contributed by atoms with Crippen molar-refractivity contribution >= 4 is 151 Å². The number of aromatic amines is 1. The second-order valence-electron chi connectivity index (χ2n) is 20.5. The molecule has 2 heterocycles. The molecule has 8 aromatic carbocycles. The smallest absolute Gasteiger partial charge is 1.00 e. The molecule has 84 heavy (non-hydrogen) atoms. The first kappa shape index (κ1) is 74.9. The Bertz CT molecular complexity index is 3520. The van der Waals surface area contributed by atoms with Crippen LogP contribution in [0.15, 0.2) is 139 Å². The van der Waals surface area contributed by atoms with Crippen molar-refractivity contribution in [2.24, 2.45) is 0 Å². The molecule has 9 nitrogen and oxygen atoms in total. The third-order valence-electron chi connectivity index (χ3n) is 14.5. The molecule has 0 radical (unpaired) electrons. The van der Waals surface area contributed by atoms with Gasteiger partial charge in [0.1, 0.15) is 23.1 Å². The molecule has 0 spiro atoms. The quantitative estimate of drug-likeness (QED) is 0.0117. The molecule has 0 fully saturated rings. The molecule has 438 valence electrons. The van der Waals surface area contributed by atoms with Crippen molar-refractivity contribution in [3.8, 4) is 34.3 Å². The Labute approximate surface area is 626 Å². The molecule has 2 aromatic heterocycles. The molecule has 0 amide bonds. The number of aromatic nitrogens is 4. The number of unbranched alkanes of at least 4 members (excludes halogenated alkanes) is 15. The molecule has 0 aliphatic heterocycles. The van der Waals surface area contributed by atoms with Gasteiger partial charge in [-0.3, -0.25) is 4.79 Å². The van der Waals surface area contributed by atoms with Gasteiger partial charge in [0.05, 0.1) is 28.7 Å². The largest absolute Gasteiger partial charge is 1.00 e. The molecule has 10 aromatic rings. The van der Waals surface area contributed by atoms with Crippen molar-refractivity contribution in [3.05, 3.63) is 139 Å². The van der Waals surface area contributed by atoms with Crippen LogP contribution in [0.2, 0.25) is 0 Å².